The number of piperidine rings is 1. The summed E-state index contributed by atoms with van der Waals surface area (Å²) in [5.41, 5.74) is 1.59. The minimum Gasteiger partial charge on any atom is -0.491 e. The predicted molar refractivity (Wildman–Crippen MR) is 118 cm³/mol. The van der Waals surface area contributed by atoms with Crippen molar-refractivity contribution in [2.45, 2.75) is 39.7 Å². The molecule has 0 spiro atoms. The van der Waals surface area contributed by atoms with Gasteiger partial charge in [0.25, 0.3) is 0 Å². The number of hydrogen-bond donors (Lipinski definition) is 1. The van der Waals surface area contributed by atoms with Crippen LogP contribution in [0.25, 0.3) is 0 Å². The summed E-state index contributed by atoms with van der Waals surface area (Å²) in [5.74, 6) is 2.05. The molecule has 0 radical (unpaired) electrons. The van der Waals surface area contributed by atoms with Gasteiger partial charge in [-0.2, -0.15) is 0 Å². The van der Waals surface area contributed by atoms with Crippen molar-refractivity contribution < 1.29 is 14.2 Å². The van der Waals surface area contributed by atoms with Crippen LogP contribution in [-0.4, -0.2) is 32.4 Å². The Kier molecular flexibility index (Phi) is 11.7. The van der Waals surface area contributed by atoms with Crippen LogP contribution in [-0.2, 0) is 4.74 Å². The zero-order chi connectivity index (χ0) is 20.8. The van der Waals surface area contributed by atoms with Gasteiger partial charge in [0.05, 0.1) is 12.7 Å². The highest BCUT2D eigenvalue weighted by Crippen LogP contribution is 2.25. The molecule has 0 atom stereocenters. The molecule has 1 fully saturated rings. The van der Waals surface area contributed by atoms with Gasteiger partial charge in [-0.3, -0.25) is 0 Å². The number of nitrogens with one attached hydrogen (secondary N) is 1. The molecule has 1 saturated heterocycles. The van der Waals surface area contributed by atoms with Crippen LogP contribution in [0.2, 0.25) is 0 Å². The van der Waals surface area contributed by atoms with Gasteiger partial charge in [0, 0.05) is 11.6 Å². The summed E-state index contributed by atoms with van der Waals surface area (Å²) < 4.78 is 17.6. The summed E-state index contributed by atoms with van der Waals surface area (Å²) in [6.45, 7) is 20.7. The van der Waals surface area contributed by atoms with E-state index in [-0.39, 0.29) is 0 Å². The van der Waals surface area contributed by atoms with Gasteiger partial charge in [-0.05, 0) is 56.6 Å². The maximum atomic E-state index is 5.93. The highest BCUT2D eigenvalue weighted by atomic mass is 16.5. The molecule has 0 aromatic heterocycles. The van der Waals surface area contributed by atoms with E-state index in [1.807, 2.05) is 45.0 Å². The summed E-state index contributed by atoms with van der Waals surface area (Å²) in [7, 11) is 0. The Bertz CT molecular complexity index is 658. The minimum atomic E-state index is 0.342. The highest BCUT2D eigenvalue weighted by molar-refractivity contribution is 5.43. The lowest BCUT2D eigenvalue weighted by atomic mass is 10.1. The van der Waals surface area contributed by atoms with E-state index < -0.39 is 0 Å². The summed E-state index contributed by atoms with van der Waals surface area (Å²) in [6.07, 6.45) is 5.91. The lowest BCUT2D eigenvalue weighted by Crippen LogP contribution is -2.33. The van der Waals surface area contributed by atoms with Gasteiger partial charge in [-0.25, -0.2) is 0 Å². The average Bonchev–Trinajstić information content (AvgIpc) is 2.73. The van der Waals surface area contributed by atoms with Crippen LogP contribution >= 0.6 is 0 Å². The second-order valence-electron chi connectivity index (χ2n) is 6.27. The summed E-state index contributed by atoms with van der Waals surface area (Å²) in [5, 5.41) is 3.33. The Balaban J connectivity index is 0.00000190. The monoisotopic (exact) mass is 385 g/mol. The number of hydrogen-bond acceptors (Lipinski definition) is 4. The first kappa shape index (κ1) is 23.7. The molecule has 1 aliphatic heterocycles. The molecule has 0 unspecified atom stereocenters. The molecule has 1 heterocycles. The molecular weight excluding hydrogens is 350 g/mol. The van der Waals surface area contributed by atoms with Crippen molar-refractivity contribution in [1.29, 1.82) is 0 Å². The maximum Gasteiger partial charge on any atom is 0.134 e. The molecule has 4 nitrogen and oxygen atoms in total. The molecule has 0 aliphatic carbocycles. The van der Waals surface area contributed by atoms with E-state index in [9.17, 15) is 0 Å². The van der Waals surface area contributed by atoms with E-state index in [0.29, 0.717) is 30.8 Å². The van der Waals surface area contributed by atoms with Crippen LogP contribution in [0.15, 0.2) is 73.1 Å². The third-order valence-electron chi connectivity index (χ3n) is 4.11. The first-order chi connectivity index (χ1) is 13.6. The first-order valence-electron chi connectivity index (χ1n) is 10.0. The molecule has 28 heavy (non-hydrogen) atoms. The summed E-state index contributed by atoms with van der Waals surface area (Å²) >= 11 is 0. The van der Waals surface area contributed by atoms with Gasteiger partial charge >= 0.3 is 0 Å². The number of benzene rings is 1. The average molecular weight is 386 g/mol. The van der Waals surface area contributed by atoms with Crippen molar-refractivity contribution in [3.8, 4) is 11.5 Å². The second kappa shape index (κ2) is 13.8. The lowest BCUT2D eigenvalue weighted by Gasteiger charge is -2.22. The third kappa shape index (κ3) is 8.59. The third-order valence-corrected chi connectivity index (χ3v) is 4.11. The lowest BCUT2D eigenvalue weighted by molar-refractivity contribution is 0.0168. The Morgan fingerprint density at radius 1 is 1.14 bits per heavy atom. The largest absolute Gasteiger partial charge is 0.491 e. The van der Waals surface area contributed by atoms with Crippen LogP contribution in [0.5, 0.6) is 11.5 Å². The van der Waals surface area contributed by atoms with E-state index in [1.165, 1.54) is 0 Å². The zero-order valence-corrected chi connectivity index (χ0v) is 17.6. The SMILES string of the molecule is C=C/C=C(/Oc1cccc(OCCOC2CCNCC2)c1)C(=C)C(=C)C.CC. The Labute approximate surface area is 170 Å². The minimum absolute atomic E-state index is 0.342. The number of allylic oxidation sites excluding steroid dienone is 3. The van der Waals surface area contributed by atoms with Gasteiger partial charge in [0.15, 0.2) is 0 Å². The molecule has 0 amide bonds. The maximum absolute atomic E-state index is 5.93. The Morgan fingerprint density at radius 2 is 1.82 bits per heavy atom. The molecule has 0 saturated carbocycles. The normalized spacial score (nSPS) is 14.5. The molecule has 1 aliphatic rings. The summed E-state index contributed by atoms with van der Waals surface area (Å²) in [6, 6.07) is 7.53. The van der Waals surface area contributed by atoms with E-state index in [2.05, 4.69) is 25.1 Å². The fraction of sp³-hybridized carbons (Fsp3) is 0.417. The van der Waals surface area contributed by atoms with Crippen LogP contribution in [0.4, 0.5) is 0 Å². The van der Waals surface area contributed by atoms with E-state index >= 15 is 0 Å². The number of ether oxygens (including phenoxy) is 3. The Hall–Kier alpha value is -2.30. The van der Waals surface area contributed by atoms with Gasteiger partial charge in [-0.1, -0.05) is 45.7 Å². The predicted octanol–water partition coefficient (Wildman–Crippen LogP) is 5.44. The van der Waals surface area contributed by atoms with Gasteiger partial charge < -0.3 is 19.5 Å². The first-order valence-corrected chi connectivity index (χ1v) is 10.0. The van der Waals surface area contributed by atoms with Gasteiger partial charge in [0.2, 0.25) is 0 Å². The van der Waals surface area contributed by atoms with Crippen molar-refractivity contribution in [1.82, 2.24) is 5.32 Å². The smallest absolute Gasteiger partial charge is 0.134 e. The van der Waals surface area contributed by atoms with Crippen LogP contribution < -0.4 is 14.8 Å². The molecule has 1 N–H and O–H groups in total. The van der Waals surface area contributed by atoms with Gasteiger partial charge in [-0.15, -0.1) is 0 Å². The van der Waals surface area contributed by atoms with E-state index in [4.69, 9.17) is 14.2 Å². The quantitative estimate of drug-likeness (QED) is 0.331. The Morgan fingerprint density at radius 3 is 2.46 bits per heavy atom. The molecule has 1 aromatic carbocycles. The van der Waals surface area contributed by atoms with E-state index in [1.54, 1.807) is 12.2 Å². The van der Waals surface area contributed by atoms with Crippen molar-refractivity contribution >= 4 is 0 Å². The highest BCUT2D eigenvalue weighted by Gasteiger charge is 2.13. The topological polar surface area (TPSA) is 39.7 Å². The fourth-order valence-corrected chi connectivity index (χ4v) is 2.60. The van der Waals surface area contributed by atoms with Crippen LogP contribution in [0.1, 0.15) is 33.6 Å². The van der Waals surface area contributed by atoms with Gasteiger partial charge in [0.1, 0.15) is 23.9 Å². The summed E-state index contributed by atoms with van der Waals surface area (Å²) in [4.78, 5) is 0. The van der Waals surface area contributed by atoms with Crippen molar-refractivity contribution in [2.24, 2.45) is 0 Å². The molecule has 154 valence electrons. The van der Waals surface area contributed by atoms with Crippen LogP contribution in [0, 0.1) is 0 Å². The van der Waals surface area contributed by atoms with Crippen molar-refractivity contribution in [2.75, 3.05) is 26.3 Å². The zero-order valence-electron chi connectivity index (χ0n) is 17.6. The molecule has 0 bridgehead atoms. The number of rotatable bonds is 10. The molecule has 2 rings (SSSR count). The molecule has 1 aromatic rings. The molecule has 4 heteroatoms. The molecular formula is C24H35NO3. The fourth-order valence-electron chi connectivity index (χ4n) is 2.60. The van der Waals surface area contributed by atoms with Crippen LogP contribution in [0.3, 0.4) is 0 Å². The second-order valence-corrected chi connectivity index (χ2v) is 6.27. The standard InChI is InChI=1S/C22H29NO3.C2H6/c1-5-7-22(18(4)17(2)3)26-21-9-6-8-20(16-21)25-15-14-24-19-10-12-23-13-11-19;1-2/h5-9,16,19,23H,1-2,4,10-15H2,3H3;1-2H3/b22-7+;. The van der Waals surface area contributed by atoms with Crippen molar-refractivity contribution in [3.63, 3.8) is 0 Å². The van der Waals surface area contributed by atoms with Crippen molar-refractivity contribution in [3.05, 3.63) is 73.1 Å². The van der Waals surface area contributed by atoms with E-state index in [0.717, 1.165) is 42.8 Å².